The van der Waals surface area contributed by atoms with Gasteiger partial charge in [0.25, 0.3) is 10.0 Å². The van der Waals surface area contributed by atoms with Crippen molar-refractivity contribution in [1.82, 2.24) is 4.98 Å². The number of hydrogen-bond acceptors (Lipinski definition) is 6. The Morgan fingerprint density at radius 1 is 0.950 bits per heavy atom. The molecule has 0 aliphatic carbocycles. The van der Waals surface area contributed by atoms with E-state index in [9.17, 15) is 17.2 Å². The number of ether oxygens (including phenoxy) is 2. The minimum atomic E-state index is -4.70. The molecule has 1 N–H and O–H groups in total. The molecule has 210 valence electrons. The van der Waals surface area contributed by atoms with Crippen molar-refractivity contribution >= 4 is 33.1 Å². The van der Waals surface area contributed by atoms with Crippen molar-refractivity contribution in [1.29, 1.82) is 0 Å². The van der Waals surface area contributed by atoms with Crippen LogP contribution in [-0.2, 0) is 16.6 Å². The van der Waals surface area contributed by atoms with Crippen molar-refractivity contribution < 1.29 is 31.1 Å². The van der Waals surface area contributed by atoms with Crippen LogP contribution in [0.15, 0.2) is 77.7 Å². The van der Waals surface area contributed by atoms with Gasteiger partial charge >= 0.3 is 0 Å². The summed E-state index contributed by atoms with van der Waals surface area (Å²) in [7, 11) is -1.84. The van der Waals surface area contributed by atoms with Crippen LogP contribution >= 0.6 is 11.6 Å². The first-order valence-corrected chi connectivity index (χ1v) is 13.7. The molecule has 0 aliphatic rings. The number of aromatic nitrogens is 1. The van der Waals surface area contributed by atoms with Crippen LogP contribution in [-0.4, -0.2) is 27.6 Å². The largest absolute Gasteiger partial charge is 0.497 e. The molecule has 0 saturated heterocycles. The highest BCUT2D eigenvalue weighted by Gasteiger charge is 2.31. The van der Waals surface area contributed by atoms with Crippen LogP contribution < -0.4 is 19.1 Å². The van der Waals surface area contributed by atoms with Crippen molar-refractivity contribution in [2.45, 2.75) is 24.4 Å². The van der Waals surface area contributed by atoms with E-state index >= 15 is 4.39 Å². The number of sulfonamides is 1. The zero-order valence-electron chi connectivity index (χ0n) is 21.7. The maximum Gasteiger partial charge on any atom is 0.268 e. The first-order chi connectivity index (χ1) is 19.0. The number of rotatable bonds is 10. The Kier molecular flexibility index (Phi) is 8.75. The summed E-state index contributed by atoms with van der Waals surface area (Å²) in [4.78, 5) is 2.95. The Morgan fingerprint density at radius 2 is 1.70 bits per heavy atom. The van der Waals surface area contributed by atoms with Gasteiger partial charge in [0, 0.05) is 17.2 Å². The third-order valence-corrected chi connectivity index (χ3v) is 8.18. The predicted molar refractivity (Wildman–Crippen MR) is 147 cm³/mol. The second-order valence-corrected chi connectivity index (χ2v) is 10.9. The second kappa shape index (κ2) is 12.1. The third-order valence-electron chi connectivity index (χ3n) is 6.10. The molecule has 4 aromatic rings. The first-order valence-electron chi connectivity index (χ1n) is 11.9. The molecule has 1 aromatic heterocycles. The van der Waals surface area contributed by atoms with Crippen molar-refractivity contribution in [3.8, 4) is 11.5 Å². The van der Waals surface area contributed by atoms with Gasteiger partial charge in [0.15, 0.2) is 0 Å². The normalized spacial score (nSPS) is 12.1. The summed E-state index contributed by atoms with van der Waals surface area (Å²) in [6.45, 7) is 1.27. The van der Waals surface area contributed by atoms with E-state index in [1.807, 2.05) is 0 Å². The van der Waals surface area contributed by atoms with Crippen LogP contribution in [0.2, 0.25) is 5.02 Å². The average Bonchev–Trinajstić information content (AvgIpc) is 2.93. The molecule has 0 aliphatic heterocycles. The molecule has 4 rings (SSSR count). The van der Waals surface area contributed by atoms with Gasteiger partial charge in [-0.1, -0.05) is 35.9 Å². The molecular formula is C28H25ClF3N3O4S. The van der Waals surface area contributed by atoms with E-state index in [1.165, 1.54) is 32.4 Å². The molecule has 0 bridgehead atoms. The fourth-order valence-electron chi connectivity index (χ4n) is 4.06. The highest BCUT2D eigenvalue weighted by molar-refractivity contribution is 7.92. The molecular weight excluding hydrogens is 567 g/mol. The van der Waals surface area contributed by atoms with E-state index in [-0.39, 0.29) is 28.8 Å². The zero-order valence-corrected chi connectivity index (χ0v) is 23.2. The Labute approximate surface area is 235 Å². The SMILES string of the molecule is COc1ccc(CN(c2cccc(F)n2)S(=O)(=O)c2cc(Cl)c(N[C@@H](C)c3ccccc3F)cc2F)c(OC)c1. The number of methoxy groups -OCH3 is 2. The summed E-state index contributed by atoms with van der Waals surface area (Å²) in [6.07, 6.45) is 0. The number of pyridine rings is 1. The maximum absolute atomic E-state index is 15.5. The van der Waals surface area contributed by atoms with Gasteiger partial charge in [0.2, 0.25) is 5.95 Å². The second-order valence-electron chi connectivity index (χ2n) is 8.66. The van der Waals surface area contributed by atoms with Gasteiger partial charge in [-0.25, -0.2) is 26.5 Å². The number of hydrogen-bond donors (Lipinski definition) is 1. The van der Waals surface area contributed by atoms with Crippen LogP contribution in [0.5, 0.6) is 11.5 Å². The number of nitrogens with zero attached hydrogens (tertiary/aromatic N) is 2. The number of benzene rings is 3. The fourth-order valence-corrected chi connectivity index (χ4v) is 5.81. The Bertz CT molecular complexity index is 1640. The lowest BCUT2D eigenvalue weighted by Gasteiger charge is -2.25. The molecule has 1 heterocycles. The lowest BCUT2D eigenvalue weighted by molar-refractivity contribution is 0.391. The van der Waals surface area contributed by atoms with Crippen molar-refractivity contribution in [2.24, 2.45) is 0 Å². The van der Waals surface area contributed by atoms with Gasteiger partial charge in [0.1, 0.15) is 33.8 Å². The van der Waals surface area contributed by atoms with Crippen LogP contribution in [0.4, 0.5) is 24.7 Å². The van der Waals surface area contributed by atoms with Gasteiger partial charge in [-0.2, -0.15) is 4.39 Å². The molecule has 1 atom stereocenters. The Morgan fingerprint density at radius 3 is 2.38 bits per heavy atom. The molecule has 12 heteroatoms. The van der Waals surface area contributed by atoms with Crippen LogP contribution in [0.25, 0.3) is 0 Å². The fraction of sp³-hybridized carbons (Fsp3) is 0.179. The Balaban J connectivity index is 1.75. The van der Waals surface area contributed by atoms with E-state index in [2.05, 4.69) is 10.3 Å². The third kappa shape index (κ3) is 6.10. The van der Waals surface area contributed by atoms with E-state index in [1.54, 1.807) is 43.3 Å². The predicted octanol–water partition coefficient (Wildman–Crippen LogP) is 6.74. The van der Waals surface area contributed by atoms with Crippen molar-refractivity contribution in [2.75, 3.05) is 23.8 Å². The van der Waals surface area contributed by atoms with Crippen molar-refractivity contribution in [3.05, 3.63) is 107 Å². The smallest absolute Gasteiger partial charge is 0.268 e. The molecule has 0 radical (unpaired) electrons. The van der Waals surface area contributed by atoms with Crippen LogP contribution in [0, 0.1) is 17.6 Å². The first kappa shape index (κ1) is 29.0. The summed E-state index contributed by atoms with van der Waals surface area (Å²) in [5, 5.41) is 2.78. The summed E-state index contributed by atoms with van der Waals surface area (Å²) >= 11 is 6.38. The van der Waals surface area contributed by atoms with Crippen molar-refractivity contribution in [3.63, 3.8) is 0 Å². The molecule has 0 saturated carbocycles. The van der Waals surface area contributed by atoms with Gasteiger partial charge < -0.3 is 14.8 Å². The average molecular weight is 592 g/mol. The van der Waals surface area contributed by atoms with E-state index in [0.717, 1.165) is 22.5 Å². The molecule has 0 unspecified atom stereocenters. The summed E-state index contributed by atoms with van der Waals surface area (Å²) in [6, 6.07) is 15.6. The lowest BCUT2D eigenvalue weighted by atomic mass is 10.1. The van der Waals surface area contributed by atoms with Crippen LogP contribution in [0.3, 0.4) is 0 Å². The summed E-state index contributed by atoms with van der Waals surface area (Å²) in [5.74, 6) is -2.06. The van der Waals surface area contributed by atoms with E-state index in [0.29, 0.717) is 16.9 Å². The molecule has 7 nitrogen and oxygen atoms in total. The molecule has 3 aromatic carbocycles. The van der Waals surface area contributed by atoms with E-state index in [4.69, 9.17) is 21.1 Å². The quantitative estimate of drug-likeness (QED) is 0.206. The monoisotopic (exact) mass is 591 g/mol. The van der Waals surface area contributed by atoms with Gasteiger partial charge in [-0.3, -0.25) is 0 Å². The standard InChI is InChI=1S/C28H25ClF3N3O4S/c1-17(20-7-4-5-8-22(20)30)33-24-15-23(31)26(14-21(24)29)40(36,37)35(28-10-6-9-27(32)34-28)16-18-11-12-19(38-2)13-25(18)39-3/h4-15,17,33H,16H2,1-3H3/t17-/m0/s1. The highest BCUT2D eigenvalue weighted by atomic mass is 35.5. The highest BCUT2D eigenvalue weighted by Crippen LogP contribution is 2.35. The number of halogens is 4. The van der Waals surface area contributed by atoms with Gasteiger partial charge in [0.05, 0.1) is 37.5 Å². The van der Waals surface area contributed by atoms with Gasteiger partial charge in [-0.05, 0) is 49.4 Å². The van der Waals surface area contributed by atoms with E-state index < -0.39 is 38.5 Å². The molecule has 40 heavy (non-hydrogen) atoms. The molecule has 0 spiro atoms. The molecule has 0 amide bonds. The maximum atomic E-state index is 15.5. The zero-order chi connectivity index (χ0) is 29.0. The minimum Gasteiger partial charge on any atom is -0.497 e. The van der Waals surface area contributed by atoms with Crippen LogP contribution in [0.1, 0.15) is 24.1 Å². The number of nitrogens with one attached hydrogen (secondary N) is 1. The number of anilines is 2. The van der Waals surface area contributed by atoms with Gasteiger partial charge in [-0.15, -0.1) is 0 Å². The molecule has 0 fully saturated rings. The summed E-state index contributed by atoms with van der Waals surface area (Å²) < 4.78 is 82.9. The summed E-state index contributed by atoms with van der Waals surface area (Å²) in [5.41, 5.74) is 0.745. The minimum absolute atomic E-state index is 0.0566. The lowest BCUT2D eigenvalue weighted by Crippen LogP contribution is -2.32. The topological polar surface area (TPSA) is 80.8 Å². The Hall–Kier alpha value is -3.96.